The minimum Gasteiger partial charge on any atom is -0.463 e. The Kier molecular flexibility index (Phi) is 10.2. The molecule has 4 rings (SSSR count). The Morgan fingerprint density at radius 2 is 1.73 bits per heavy atom. The Balaban J connectivity index is 1.71. The average molecular weight is 609 g/mol. The lowest BCUT2D eigenvalue weighted by Gasteiger charge is -2.38. The van der Waals surface area contributed by atoms with Crippen LogP contribution in [0.25, 0.3) is 0 Å². The summed E-state index contributed by atoms with van der Waals surface area (Å²) >= 11 is 0. The molecule has 13 heteroatoms. The van der Waals surface area contributed by atoms with E-state index in [4.69, 9.17) is 30.4 Å². The number of hydrogen-bond acceptors (Lipinski definition) is 13. The van der Waals surface area contributed by atoms with Crippen molar-refractivity contribution in [2.45, 2.75) is 89.5 Å². The Hall–Kier alpha value is -4.12. The number of ether oxygens (including phenoxy) is 4. The quantitative estimate of drug-likeness (QED) is 0.274. The van der Waals surface area contributed by atoms with Crippen LogP contribution in [0, 0.1) is 23.2 Å². The monoisotopic (exact) mass is 608 g/mol. The molecule has 0 amide bonds. The summed E-state index contributed by atoms with van der Waals surface area (Å²) in [5.74, 6) is -2.74. The molecule has 3 heterocycles. The van der Waals surface area contributed by atoms with Crippen LogP contribution in [0.5, 0.6) is 0 Å². The number of allylic oxidation sites excluding steroid dienone is 1. The van der Waals surface area contributed by atoms with Crippen LogP contribution in [-0.4, -0.2) is 83.6 Å². The van der Waals surface area contributed by atoms with E-state index in [9.17, 15) is 19.6 Å². The van der Waals surface area contributed by atoms with Crippen LogP contribution in [0.15, 0.2) is 52.2 Å². The maximum absolute atomic E-state index is 13.3. The smallest absolute Gasteiger partial charge is 0.323 e. The fraction of sp³-hybridized carbons (Fsp3) is 0.548. The van der Waals surface area contributed by atoms with Crippen molar-refractivity contribution in [2.24, 2.45) is 33.4 Å². The first-order valence-corrected chi connectivity index (χ1v) is 14.7. The third kappa shape index (κ3) is 6.67. The first kappa shape index (κ1) is 32.8. The first-order valence-electron chi connectivity index (χ1n) is 14.7. The number of nitrogens with two attached hydrogens (primary N) is 2. The van der Waals surface area contributed by atoms with Gasteiger partial charge in [-0.15, -0.1) is 0 Å². The van der Waals surface area contributed by atoms with Crippen molar-refractivity contribution in [3.63, 3.8) is 0 Å². The summed E-state index contributed by atoms with van der Waals surface area (Å²) in [4.78, 5) is 43.6. The van der Waals surface area contributed by atoms with E-state index in [0.29, 0.717) is 11.4 Å². The number of hydrazone groups is 1. The number of rotatable bonds is 11. The van der Waals surface area contributed by atoms with E-state index < -0.39 is 66.6 Å². The number of fused-ring (bicyclic) bond motifs is 1. The van der Waals surface area contributed by atoms with Gasteiger partial charge in [-0.2, -0.15) is 10.4 Å². The van der Waals surface area contributed by atoms with Gasteiger partial charge in [0, 0.05) is 0 Å². The zero-order valence-corrected chi connectivity index (χ0v) is 25.6. The molecule has 3 aliphatic heterocycles. The minimum atomic E-state index is -1.93. The summed E-state index contributed by atoms with van der Waals surface area (Å²) in [6.45, 7) is 8.41. The normalized spacial score (nSPS) is 27.2. The number of hydrogen-bond donors (Lipinski definition) is 2. The predicted molar refractivity (Wildman–Crippen MR) is 160 cm³/mol. The zero-order valence-electron chi connectivity index (χ0n) is 25.6. The van der Waals surface area contributed by atoms with Crippen molar-refractivity contribution in [3.05, 3.63) is 47.7 Å². The van der Waals surface area contributed by atoms with Gasteiger partial charge in [0.1, 0.15) is 43.2 Å². The summed E-state index contributed by atoms with van der Waals surface area (Å²) in [6.07, 6.45) is -0.585. The van der Waals surface area contributed by atoms with Crippen molar-refractivity contribution < 1.29 is 33.3 Å². The SMILES string of the molecule is CC1=NC=NN2C1=CCC2[C@]1(C#N)O[C@H](COC(=O)Cc2ccccc2)[C@@H](OC(=O)[C@@H](N)C(C)C)[C@H]1OC(=O)[C@@H](N)C(C)C. The maximum atomic E-state index is 13.3. The van der Waals surface area contributed by atoms with Crippen LogP contribution in [0.1, 0.15) is 46.6 Å². The van der Waals surface area contributed by atoms with Gasteiger partial charge in [0.15, 0.2) is 12.2 Å². The highest BCUT2D eigenvalue weighted by Gasteiger charge is 2.66. The Morgan fingerprint density at radius 3 is 2.34 bits per heavy atom. The number of nitrogens with zero attached hydrogens (tertiary/aromatic N) is 4. The number of benzene rings is 1. The molecule has 1 aromatic carbocycles. The van der Waals surface area contributed by atoms with Crippen molar-refractivity contribution in [1.29, 1.82) is 5.26 Å². The van der Waals surface area contributed by atoms with Gasteiger partial charge in [0.25, 0.3) is 0 Å². The molecule has 44 heavy (non-hydrogen) atoms. The van der Waals surface area contributed by atoms with Gasteiger partial charge < -0.3 is 30.4 Å². The molecule has 0 aliphatic carbocycles. The number of carbonyl (C=O) groups excluding carboxylic acids is 3. The molecule has 0 aromatic heterocycles. The highest BCUT2D eigenvalue weighted by Crippen LogP contribution is 2.44. The van der Waals surface area contributed by atoms with E-state index in [0.717, 1.165) is 5.56 Å². The lowest BCUT2D eigenvalue weighted by molar-refractivity contribution is -0.173. The second-order valence-corrected chi connectivity index (χ2v) is 11.8. The second kappa shape index (κ2) is 13.7. The molecule has 236 valence electrons. The molecule has 1 fully saturated rings. The van der Waals surface area contributed by atoms with E-state index in [1.807, 2.05) is 12.1 Å². The average Bonchev–Trinajstić information content (AvgIpc) is 3.56. The number of nitriles is 1. The van der Waals surface area contributed by atoms with Crippen molar-refractivity contribution in [1.82, 2.24) is 5.01 Å². The van der Waals surface area contributed by atoms with Crippen LogP contribution < -0.4 is 11.5 Å². The molecular formula is C31H40N6O7. The van der Waals surface area contributed by atoms with Gasteiger partial charge in [-0.3, -0.25) is 19.4 Å². The molecule has 1 aromatic rings. The zero-order chi connectivity index (χ0) is 32.2. The molecule has 1 saturated heterocycles. The van der Waals surface area contributed by atoms with Gasteiger partial charge >= 0.3 is 17.9 Å². The third-order valence-corrected chi connectivity index (χ3v) is 8.05. The van der Waals surface area contributed by atoms with Crippen molar-refractivity contribution >= 4 is 30.0 Å². The number of esters is 3. The minimum absolute atomic E-state index is 0.0156. The first-order chi connectivity index (χ1) is 20.9. The van der Waals surface area contributed by atoms with Crippen LogP contribution in [0.3, 0.4) is 0 Å². The van der Waals surface area contributed by atoms with Crippen LogP contribution in [-0.2, 0) is 39.8 Å². The van der Waals surface area contributed by atoms with E-state index in [2.05, 4.69) is 16.2 Å². The molecule has 0 spiro atoms. The van der Waals surface area contributed by atoms with Crippen molar-refractivity contribution in [3.8, 4) is 6.07 Å². The standard InChI is InChI=1S/C31H40N6O7/c1-17(2)25(33)29(39)42-27-22(14-41-24(38)13-20-9-7-6-8-10-20)44-31(15-32,28(27)43-30(40)26(34)18(3)4)23-12-11-21-19(5)35-16-36-37(21)23/h6-11,16-18,22-23,25-28H,12-14,33-34H2,1-5H3/t22-,23?,25+,26+,27-,28-,31+/m1/s1. The Morgan fingerprint density at radius 1 is 1.09 bits per heavy atom. The van der Waals surface area contributed by atoms with E-state index in [1.165, 1.54) is 6.34 Å². The highest BCUT2D eigenvalue weighted by molar-refractivity contribution is 6.03. The topological polar surface area (TPSA) is 192 Å². The van der Waals surface area contributed by atoms with Gasteiger partial charge in [-0.1, -0.05) is 64.1 Å². The second-order valence-electron chi connectivity index (χ2n) is 11.8. The fourth-order valence-corrected chi connectivity index (χ4v) is 5.26. The predicted octanol–water partition coefficient (Wildman–Crippen LogP) is 1.60. The summed E-state index contributed by atoms with van der Waals surface area (Å²) in [6, 6.07) is 8.35. The van der Waals surface area contributed by atoms with Crippen LogP contribution in [0.2, 0.25) is 0 Å². The molecule has 4 N–H and O–H groups in total. The Bertz CT molecular complexity index is 1370. The summed E-state index contributed by atoms with van der Waals surface area (Å²) < 4.78 is 23.8. The molecular weight excluding hydrogens is 568 g/mol. The molecule has 13 nitrogen and oxygen atoms in total. The molecule has 0 saturated carbocycles. The van der Waals surface area contributed by atoms with Crippen molar-refractivity contribution in [2.75, 3.05) is 6.61 Å². The molecule has 0 radical (unpaired) electrons. The van der Waals surface area contributed by atoms with Gasteiger partial charge in [0.2, 0.25) is 5.60 Å². The number of aliphatic imine (C=N–C) groups is 1. The lowest BCUT2D eigenvalue weighted by atomic mass is 9.86. The molecule has 3 aliphatic rings. The third-order valence-electron chi connectivity index (χ3n) is 8.05. The highest BCUT2D eigenvalue weighted by atomic mass is 16.7. The van der Waals surface area contributed by atoms with Crippen LogP contribution >= 0.6 is 0 Å². The molecule has 1 unspecified atom stereocenters. The lowest BCUT2D eigenvalue weighted by Crippen LogP contribution is -2.59. The van der Waals surface area contributed by atoms with E-state index in [-0.39, 0.29) is 24.7 Å². The van der Waals surface area contributed by atoms with Gasteiger partial charge in [-0.05, 0) is 30.7 Å². The molecule has 0 bridgehead atoms. The van der Waals surface area contributed by atoms with E-state index in [1.54, 1.807) is 63.9 Å². The van der Waals surface area contributed by atoms with Gasteiger partial charge in [0.05, 0.1) is 17.8 Å². The summed E-state index contributed by atoms with van der Waals surface area (Å²) in [5, 5.41) is 16.7. The maximum Gasteiger partial charge on any atom is 0.323 e. The number of carbonyl (C=O) groups is 3. The van der Waals surface area contributed by atoms with Crippen LogP contribution in [0.4, 0.5) is 0 Å². The molecule has 7 atom stereocenters. The summed E-state index contributed by atoms with van der Waals surface area (Å²) in [5.41, 5.74) is 12.4. The van der Waals surface area contributed by atoms with Gasteiger partial charge in [-0.25, -0.2) is 4.99 Å². The fourth-order valence-electron chi connectivity index (χ4n) is 5.26. The Labute approximate surface area is 256 Å². The summed E-state index contributed by atoms with van der Waals surface area (Å²) in [7, 11) is 0. The largest absolute Gasteiger partial charge is 0.463 e. The van der Waals surface area contributed by atoms with E-state index >= 15 is 0 Å².